The van der Waals surface area contributed by atoms with Gasteiger partial charge in [0, 0.05) is 27.6 Å². The fraction of sp³-hybridized carbons (Fsp3) is 0.357. The molecule has 1 nitrogen and oxygen atoms in total. The third-order valence-electron chi connectivity index (χ3n) is 17.9. The van der Waals surface area contributed by atoms with Gasteiger partial charge in [-0.25, -0.2) is 0 Å². The number of benzene rings is 6. The Bertz CT molecular complexity index is 2700. The van der Waals surface area contributed by atoms with Crippen molar-refractivity contribution in [1.29, 1.82) is 0 Å². The van der Waals surface area contributed by atoms with Crippen LogP contribution in [0.25, 0.3) is 33.4 Å². The van der Waals surface area contributed by atoms with Crippen molar-refractivity contribution in [2.75, 3.05) is 4.90 Å². The Balaban J connectivity index is 1.02. The predicted molar refractivity (Wildman–Crippen MR) is 234 cm³/mol. The van der Waals surface area contributed by atoms with Crippen molar-refractivity contribution in [2.24, 2.45) is 35.5 Å². The molecule has 3 unspecified atom stereocenters. The molecule has 0 aromatic heterocycles. The van der Waals surface area contributed by atoms with E-state index < -0.39 is 0 Å². The van der Waals surface area contributed by atoms with Gasteiger partial charge >= 0.3 is 0 Å². The van der Waals surface area contributed by atoms with E-state index in [1.54, 1.807) is 22.3 Å². The third kappa shape index (κ3) is 3.80. The second-order valence-corrected chi connectivity index (χ2v) is 20.5. The van der Waals surface area contributed by atoms with Crippen LogP contribution in [0.3, 0.4) is 0 Å². The van der Waals surface area contributed by atoms with Crippen molar-refractivity contribution in [1.82, 2.24) is 0 Å². The van der Waals surface area contributed by atoms with Gasteiger partial charge in [-0.1, -0.05) is 117 Å². The molecule has 0 saturated heterocycles. The molecule has 57 heavy (non-hydrogen) atoms. The average Bonchev–Trinajstić information content (AvgIpc) is 4.03. The zero-order valence-electron chi connectivity index (χ0n) is 33.4. The Morgan fingerprint density at radius 3 is 1.74 bits per heavy atom. The van der Waals surface area contributed by atoms with Crippen LogP contribution >= 0.6 is 0 Å². The number of fused-ring (bicyclic) bond motifs is 14. The lowest BCUT2D eigenvalue weighted by molar-refractivity contribution is -0.0399. The number of hydrogen-bond acceptors (Lipinski definition) is 1. The minimum atomic E-state index is -0.132. The van der Waals surface area contributed by atoms with Crippen molar-refractivity contribution >= 4 is 17.1 Å². The van der Waals surface area contributed by atoms with Crippen molar-refractivity contribution < 1.29 is 0 Å². The van der Waals surface area contributed by atoms with Gasteiger partial charge in [-0.2, -0.15) is 0 Å². The van der Waals surface area contributed by atoms with E-state index in [2.05, 4.69) is 146 Å². The number of rotatable bonds is 3. The molecule has 9 aliphatic rings. The van der Waals surface area contributed by atoms with Gasteiger partial charge in [0.25, 0.3) is 0 Å². The Morgan fingerprint density at radius 1 is 0.439 bits per heavy atom. The fourth-order valence-corrected chi connectivity index (χ4v) is 16.2. The summed E-state index contributed by atoms with van der Waals surface area (Å²) >= 11 is 0. The first-order valence-corrected chi connectivity index (χ1v) is 22.5. The normalized spacial score (nSPS) is 31.7. The smallest absolute Gasteiger partial charge is 0.0508 e. The monoisotopic (exact) mass is 737 g/mol. The lowest BCUT2D eigenvalue weighted by atomic mass is 9.43. The molecule has 0 radical (unpaired) electrons. The van der Waals surface area contributed by atoms with Crippen LogP contribution in [0.4, 0.5) is 17.1 Å². The summed E-state index contributed by atoms with van der Waals surface area (Å²) in [5.74, 6) is 4.97. The largest absolute Gasteiger partial charge is 0.310 e. The molecule has 0 N–H and O–H groups in total. The van der Waals surface area contributed by atoms with Gasteiger partial charge in [-0.05, 0) is 184 Å². The van der Waals surface area contributed by atoms with Gasteiger partial charge < -0.3 is 4.90 Å². The van der Waals surface area contributed by atoms with Crippen LogP contribution in [0.1, 0.15) is 105 Å². The van der Waals surface area contributed by atoms with Crippen molar-refractivity contribution in [3.63, 3.8) is 0 Å². The molecule has 0 heterocycles. The lowest BCUT2D eigenvalue weighted by Gasteiger charge is -2.61. The highest BCUT2D eigenvalue weighted by Crippen LogP contribution is 2.70. The Morgan fingerprint density at radius 2 is 1.02 bits per heavy atom. The number of hydrogen-bond donors (Lipinski definition) is 0. The minimum absolute atomic E-state index is 0.125. The summed E-state index contributed by atoms with van der Waals surface area (Å²) in [4.78, 5) is 2.70. The van der Waals surface area contributed by atoms with E-state index in [4.69, 9.17) is 0 Å². The van der Waals surface area contributed by atoms with Gasteiger partial charge in [-0.15, -0.1) is 0 Å². The molecule has 6 saturated carbocycles. The van der Waals surface area contributed by atoms with Gasteiger partial charge in [0.1, 0.15) is 0 Å². The first-order valence-electron chi connectivity index (χ1n) is 22.5. The van der Waals surface area contributed by atoms with E-state index >= 15 is 0 Å². The fourth-order valence-electron chi connectivity index (χ4n) is 16.2. The second kappa shape index (κ2) is 10.8. The van der Waals surface area contributed by atoms with Crippen molar-refractivity contribution in [3.05, 3.63) is 161 Å². The van der Waals surface area contributed by atoms with Gasteiger partial charge in [0.05, 0.1) is 5.69 Å². The van der Waals surface area contributed by atoms with E-state index in [1.807, 2.05) is 0 Å². The zero-order chi connectivity index (χ0) is 37.4. The maximum absolute atomic E-state index is 2.71. The van der Waals surface area contributed by atoms with E-state index in [0.717, 1.165) is 35.5 Å². The molecular formula is C56H51N. The van der Waals surface area contributed by atoms with Crippen LogP contribution in [0.2, 0.25) is 0 Å². The summed E-state index contributed by atoms with van der Waals surface area (Å²) in [6.07, 6.45) is 12.6. The van der Waals surface area contributed by atoms with Crippen LogP contribution in [0.15, 0.2) is 127 Å². The van der Waals surface area contributed by atoms with Crippen LogP contribution in [0.5, 0.6) is 0 Å². The predicted octanol–water partition coefficient (Wildman–Crippen LogP) is 14.3. The summed E-state index contributed by atoms with van der Waals surface area (Å²) in [5.41, 5.74) is 22.2. The molecule has 6 aromatic carbocycles. The van der Waals surface area contributed by atoms with Gasteiger partial charge in [0.15, 0.2) is 0 Å². The van der Waals surface area contributed by atoms with Gasteiger partial charge in [0.2, 0.25) is 0 Å². The number of nitrogens with zero attached hydrogens (tertiary/aromatic N) is 1. The highest BCUT2D eigenvalue weighted by atomic mass is 15.1. The molecule has 6 fully saturated rings. The van der Waals surface area contributed by atoms with E-state index in [0.29, 0.717) is 0 Å². The molecule has 0 amide bonds. The standard InChI is InChI=1S/C56H51N/c1-54(2)47-14-6-3-11-42(47)45-13-9-17-52(53(45)54)57(39-21-23-49-46(30-39)43-12-4-7-15-48(43)55(49)32-33-18-19-36(55)25-33)40-20-22-44-41-10-5-8-16-50(41)56(51(44)31-40)37-26-34-24-35(28-37)29-38(56)27-34/h3-17,20-23,30-31,33-38H,18-19,24-29,32H2,1-2H3. The van der Waals surface area contributed by atoms with Crippen LogP contribution in [-0.4, -0.2) is 0 Å². The maximum atomic E-state index is 2.71. The zero-order valence-corrected chi connectivity index (χ0v) is 33.4. The second-order valence-electron chi connectivity index (χ2n) is 20.5. The van der Waals surface area contributed by atoms with E-state index in [-0.39, 0.29) is 16.2 Å². The Labute approximate surface area is 338 Å². The maximum Gasteiger partial charge on any atom is 0.0508 e. The molecule has 0 aliphatic heterocycles. The van der Waals surface area contributed by atoms with Gasteiger partial charge in [-0.3, -0.25) is 0 Å². The Hall–Kier alpha value is -4.88. The minimum Gasteiger partial charge on any atom is -0.310 e. The lowest BCUT2D eigenvalue weighted by Crippen LogP contribution is -2.55. The topological polar surface area (TPSA) is 3.24 Å². The molecule has 9 aliphatic carbocycles. The van der Waals surface area contributed by atoms with E-state index in [9.17, 15) is 0 Å². The van der Waals surface area contributed by atoms with Crippen LogP contribution in [-0.2, 0) is 16.2 Å². The summed E-state index contributed by atoms with van der Waals surface area (Å²) < 4.78 is 0. The highest BCUT2D eigenvalue weighted by Gasteiger charge is 2.62. The average molecular weight is 738 g/mol. The third-order valence-corrected chi connectivity index (χ3v) is 17.9. The SMILES string of the molecule is CC1(C)c2ccccc2-c2cccc(N(c3ccc4c(c3)-c3ccccc3C43CC4CCC3C4)c3ccc4c(c3)C3(c5ccccc5-4)C4CC5CC(C4)CC3C5)c21. The summed E-state index contributed by atoms with van der Waals surface area (Å²) in [6.45, 7) is 4.92. The number of anilines is 3. The molecule has 1 heteroatoms. The molecule has 6 aromatic rings. The quantitative estimate of drug-likeness (QED) is 0.175. The van der Waals surface area contributed by atoms with Crippen molar-refractivity contribution in [3.8, 4) is 33.4 Å². The molecular weight excluding hydrogens is 687 g/mol. The van der Waals surface area contributed by atoms with Crippen LogP contribution < -0.4 is 4.90 Å². The first-order chi connectivity index (χ1) is 27.9. The molecule has 15 rings (SSSR count). The summed E-state index contributed by atoms with van der Waals surface area (Å²) in [6, 6.07) is 50.9. The summed E-state index contributed by atoms with van der Waals surface area (Å²) in [5, 5.41) is 0. The molecule has 280 valence electrons. The van der Waals surface area contributed by atoms with Crippen molar-refractivity contribution in [2.45, 2.75) is 87.9 Å². The van der Waals surface area contributed by atoms with E-state index in [1.165, 1.54) is 119 Å². The molecule has 3 atom stereocenters. The first kappa shape index (κ1) is 32.1. The molecule has 6 bridgehead atoms. The Kier molecular flexibility index (Phi) is 6.08. The highest BCUT2D eigenvalue weighted by molar-refractivity contribution is 5.94. The summed E-state index contributed by atoms with van der Waals surface area (Å²) in [7, 11) is 0. The molecule has 2 spiro atoms. The van der Waals surface area contributed by atoms with Crippen LogP contribution in [0, 0.1) is 35.5 Å².